The van der Waals surface area contributed by atoms with Gasteiger partial charge in [0.15, 0.2) is 0 Å². The van der Waals surface area contributed by atoms with Gasteiger partial charge in [-0.3, -0.25) is 9.88 Å². The van der Waals surface area contributed by atoms with Gasteiger partial charge in [-0.25, -0.2) is 0 Å². The maximum atomic E-state index is 5.69. The van der Waals surface area contributed by atoms with Gasteiger partial charge in [-0.1, -0.05) is 19.9 Å². The van der Waals surface area contributed by atoms with E-state index in [2.05, 4.69) is 29.8 Å². The molecule has 2 N–H and O–H groups in total. The first kappa shape index (κ1) is 14.1. The lowest BCUT2D eigenvalue weighted by atomic mass is 10.1. The summed E-state index contributed by atoms with van der Waals surface area (Å²) in [6, 6.07) is 4.80. The lowest BCUT2D eigenvalue weighted by Crippen LogP contribution is -2.39. The van der Waals surface area contributed by atoms with Crippen LogP contribution < -0.4 is 5.73 Å². The fraction of sp³-hybridized carbons (Fsp3) is 0.643. The quantitative estimate of drug-likeness (QED) is 0.750. The van der Waals surface area contributed by atoms with Gasteiger partial charge >= 0.3 is 0 Å². The highest BCUT2D eigenvalue weighted by Crippen LogP contribution is 2.09. The highest BCUT2D eigenvalue weighted by atomic mass is 15.2. The summed E-state index contributed by atoms with van der Waals surface area (Å²) >= 11 is 0. The summed E-state index contributed by atoms with van der Waals surface area (Å²) in [5, 5.41) is 0. The van der Waals surface area contributed by atoms with Crippen LogP contribution in [0.1, 0.15) is 32.3 Å². The molecule has 1 aromatic heterocycles. The van der Waals surface area contributed by atoms with E-state index in [0.29, 0.717) is 6.04 Å². The summed E-state index contributed by atoms with van der Waals surface area (Å²) in [5.74, 6) is 0. The molecule has 0 saturated heterocycles. The van der Waals surface area contributed by atoms with Crippen molar-refractivity contribution < 1.29 is 0 Å². The van der Waals surface area contributed by atoms with E-state index in [1.165, 1.54) is 18.4 Å². The van der Waals surface area contributed by atoms with Gasteiger partial charge in [0.25, 0.3) is 0 Å². The molecule has 1 heterocycles. The molecule has 0 saturated carbocycles. The summed E-state index contributed by atoms with van der Waals surface area (Å²) < 4.78 is 0. The first-order chi connectivity index (χ1) is 8.31. The van der Waals surface area contributed by atoms with Crippen LogP contribution in [-0.2, 0) is 6.42 Å². The van der Waals surface area contributed by atoms with E-state index in [1.807, 2.05) is 18.5 Å². The van der Waals surface area contributed by atoms with E-state index in [9.17, 15) is 0 Å². The molecule has 0 unspecified atom stereocenters. The van der Waals surface area contributed by atoms with Crippen LogP contribution >= 0.6 is 0 Å². The van der Waals surface area contributed by atoms with Crippen molar-refractivity contribution in [2.24, 2.45) is 5.73 Å². The summed E-state index contributed by atoms with van der Waals surface area (Å²) in [6.45, 7) is 7.31. The lowest BCUT2D eigenvalue weighted by molar-refractivity contribution is 0.193. The molecule has 0 spiro atoms. The van der Waals surface area contributed by atoms with Crippen molar-refractivity contribution >= 4 is 0 Å². The molecule has 0 aliphatic rings. The Morgan fingerprint density at radius 3 is 2.59 bits per heavy atom. The normalized spacial score (nSPS) is 11.4. The molecular weight excluding hydrogens is 210 g/mol. The Bertz CT molecular complexity index is 283. The molecule has 0 aromatic carbocycles. The lowest BCUT2D eigenvalue weighted by Gasteiger charge is -2.30. The minimum absolute atomic E-state index is 0.662. The second kappa shape index (κ2) is 8.20. The Kier molecular flexibility index (Phi) is 6.82. The Labute approximate surface area is 105 Å². The van der Waals surface area contributed by atoms with Gasteiger partial charge in [0.1, 0.15) is 0 Å². The molecule has 0 bridgehead atoms. The average Bonchev–Trinajstić information content (AvgIpc) is 2.38. The third-order valence-corrected chi connectivity index (χ3v) is 3.29. The van der Waals surface area contributed by atoms with E-state index in [1.54, 1.807) is 0 Å². The molecule has 0 fully saturated rings. The standard InChI is InChI=1S/C14H25N3/c1-3-14(4-2)17(11-8-15)10-7-13-6-5-9-16-12-13/h5-6,9,12,14H,3-4,7-8,10-11,15H2,1-2H3. The molecule has 17 heavy (non-hydrogen) atoms. The van der Waals surface area contributed by atoms with Crippen LogP contribution in [0.4, 0.5) is 0 Å². The predicted octanol–water partition coefficient (Wildman–Crippen LogP) is 2.07. The number of hydrogen-bond acceptors (Lipinski definition) is 3. The molecule has 3 nitrogen and oxygen atoms in total. The molecule has 0 aliphatic heterocycles. The van der Waals surface area contributed by atoms with E-state index in [-0.39, 0.29) is 0 Å². The third-order valence-electron chi connectivity index (χ3n) is 3.29. The summed E-state index contributed by atoms with van der Waals surface area (Å²) in [4.78, 5) is 6.66. The van der Waals surface area contributed by atoms with E-state index < -0.39 is 0 Å². The second-order valence-electron chi connectivity index (χ2n) is 4.41. The largest absolute Gasteiger partial charge is 0.329 e. The van der Waals surface area contributed by atoms with Crippen molar-refractivity contribution in [3.8, 4) is 0 Å². The zero-order valence-electron chi connectivity index (χ0n) is 11.1. The van der Waals surface area contributed by atoms with Gasteiger partial charge in [0, 0.05) is 38.1 Å². The molecule has 96 valence electrons. The maximum absolute atomic E-state index is 5.69. The van der Waals surface area contributed by atoms with Crippen molar-refractivity contribution in [1.82, 2.24) is 9.88 Å². The van der Waals surface area contributed by atoms with Gasteiger partial charge in [-0.2, -0.15) is 0 Å². The van der Waals surface area contributed by atoms with Crippen LogP contribution in [0.5, 0.6) is 0 Å². The highest BCUT2D eigenvalue weighted by molar-refractivity contribution is 5.08. The topological polar surface area (TPSA) is 42.1 Å². The molecule has 0 atom stereocenters. The summed E-state index contributed by atoms with van der Waals surface area (Å²) in [7, 11) is 0. The highest BCUT2D eigenvalue weighted by Gasteiger charge is 2.13. The van der Waals surface area contributed by atoms with Crippen molar-refractivity contribution in [2.75, 3.05) is 19.6 Å². The van der Waals surface area contributed by atoms with Crippen LogP contribution in [0.15, 0.2) is 24.5 Å². The smallest absolute Gasteiger partial charge is 0.0300 e. The Hall–Kier alpha value is -0.930. The molecule has 3 heteroatoms. The zero-order valence-corrected chi connectivity index (χ0v) is 11.1. The maximum Gasteiger partial charge on any atom is 0.0300 e. The van der Waals surface area contributed by atoms with Crippen LogP contribution in [0, 0.1) is 0 Å². The van der Waals surface area contributed by atoms with E-state index in [4.69, 9.17) is 5.73 Å². The van der Waals surface area contributed by atoms with Gasteiger partial charge < -0.3 is 5.73 Å². The Morgan fingerprint density at radius 2 is 2.06 bits per heavy atom. The van der Waals surface area contributed by atoms with E-state index >= 15 is 0 Å². The molecule has 0 aliphatic carbocycles. The Morgan fingerprint density at radius 1 is 1.29 bits per heavy atom. The molecule has 0 amide bonds. The molecule has 1 aromatic rings. The van der Waals surface area contributed by atoms with Crippen molar-refractivity contribution in [3.05, 3.63) is 30.1 Å². The first-order valence-electron chi connectivity index (χ1n) is 6.64. The minimum atomic E-state index is 0.662. The minimum Gasteiger partial charge on any atom is -0.329 e. The van der Waals surface area contributed by atoms with Gasteiger partial charge in [0.05, 0.1) is 0 Å². The fourth-order valence-corrected chi connectivity index (χ4v) is 2.27. The predicted molar refractivity (Wildman–Crippen MR) is 72.9 cm³/mol. The molecular formula is C14H25N3. The monoisotopic (exact) mass is 235 g/mol. The number of nitrogens with two attached hydrogens (primary N) is 1. The number of nitrogens with zero attached hydrogens (tertiary/aromatic N) is 2. The summed E-state index contributed by atoms with van der Waals surface area (Å²) in [6.07, 6.45) is 7.23. The first-order valence-corrected chi connectivity index (χ1v) is 6.64. The fourth-order valence-electron chi connectivity index (χ4n) is 2.27. The number of pyridine rings is 1. The van der Waals surface area contributed by atoms with Crippen LogP contribution in [0.2, 0.25) is 0 Å². The molecule has 1 rings (SSSR count). The number of rotatable bonds is 8. The van der Waals surface area contributed by atoms with Crippen LogP contribution in [0.25, 0.3) is 0 Å². The number of aromatic nitrogens is 1. The van der Waals surface area contributed by atoms with Gasteiger partial charge in [-0.15, -0.1) is 0 Å². The van der Waals surface area contributed by atoms with Crippen LogP contribution in [0.3, 0.4) is 0 Å². The SMILES string of the molecule is CCC(CC)N(CCN)CCc1cccnc1. The van der Waals surface area contributed by atoms with Crippen molar-refractivity contribution in [2.45, 2.75) is 39.2 Å². The third kappa shape index (κ3) is 4.84. The molecule has 0 radical (unpaired) electrons. The second-order valence-corrected chi connectivity index (χ2v) is 4.41. The Balaban J connectivity index is 2.49. The summed E-state index contributed by atoms with van der Waals surface area (Å²) in [5.41, 5.74) is 7.00. The number of hydrogen-bond donors (Lipinski definition) is 1. The van der Waals surface area contributed by atoms with Crippen LogP contribution in [-0.4, -0.2) is 35.6 Å². The van der Waals surface area contributed by atoms with Gasteiger partial charge in [-0.05, 0) is 30.9 Å². The van der Waals surface area contributed by atoms with Crippen molar-refractivity contribution in [1.29, 1.82) is 0 Å². The zero-order chi connectivity index (χ0) is 12.5. The van der Waals surface area contributed by atoms with Crippen molar-refractivity contribution in [3.63, 3.8) is 0 Å². The average molecular weight is 235 g/mol. The van der Waals surface area contributed by atoms with E-state index in [0.717, 1.165) is 26.1 Å². The van der Waals surface area contributed by atoms with Gasteiger partial charge in [0.2, 0.25) is 0 Å².